The van der Waals surface area contributed by atoms with Gasteiger partial charge in [-0.25, -0.2) is 8.42 Å². The number of nitrogens with one attached hydrogen (secondary N) is 1. The summed E-state index contributed by atoms with van der Waals surface area (Å²) < 4.78 is 29.9. The Kier molecular flexibility index (Phi) is 4.29. The maximum atomic E-state index is 12.0. The second-order valence-electron chi connectivity index (χ2n) is 4.55. The van der Waals surface area contributed by atoms with Gasteiger partial charge in [-0.3, -0.25) is 0 Å². The van der Waals surface area contributed by atoms with Gasteiger partial charge in [0.25, 0.3) is 0 Å². The molecular formula is C12H16BrNO3S. The summed E-state index contributed by atoms with van der Waals surface area (Å²) in [5.41, 5.74) is 0.787. The molecule has 0 amide bonds. The highest BCUT2D eigenvalue weighted by atomic mass is 79.9. The normalized spacial score (nSPS) is 16.3. The molecule has 2 rings (SSSR count). The van der Waals surface area contributed by atoms with Crippen molar-refractivity contribution in [1.82, 2.24) is 5.32 Å². The van der Waals surface area contributed by atoms with Gasteiger partial charge in [0.05, 0.1) is 23.1 Å². The second kappa shape index (κ2) is 5.59. The van der Waals surface area contributed by atoms with Crippen LogP contribution in [0.4, 0.5) is 0 Å². The summed E-state index contributed by atoms with van der Waals surface area (Å²) in [4.78, 5) is 0. The van der Waals surface area contributed by atoms with E-state index in [4.69, 9.17) is 4.74 Å². The Balaban J connectivity index is 2.05. The van der Waals surface area contributed by atoms with Crippen molar-refractivity contribution in [2.45, 2.75) is 5.75 Å². The third-order valence-corrected chi connectivity index (χ3v) is 5.33. The molecule has 1 aromatic carbocycles. The number of hydrogen-bond donors (Lipinski definition) is 1. The smallest absolute Gasteiger partial charge is 0.154 e. The minimum absolute atomic E-state index is 0.0894. The molecule has 1 aliphatic heterocycles. The molecule has 1 aliphatic rings. The molecule has 0 saturated carbocycles. The van der Waals surface area contributed by atoms with Crippen LogP contribution in [0.1, 0.15) is 5.56 Å². The molecular weight excluding hydrogens is 318 g/mol. The van der Waals surface area contributed by atoms with Crippen LogP contribution in [0.15, 0.2) is 22.7 Å². The first-order chi connectivity index (χ1) is 8.50. The quantitative estimate of drug-likeness (QED) is 0.889. The number of rotatable bonds is 5. The van der Waals surface area contributed by atoms with Crippen LogP contribution < -0.4 is 10.1 Å². The van der Waals surface area contributed by atoms with Gasteiger partial charge in [-0.1, -0.05) is 6.07 Å². The highest BCUT2D eigenvalue weighted by Crippen LogP contribution is 2.26. The van der Waals surface area contributed by atoms with Crippen molar-refractivity contribution in [3.63, 3.8) is 0 Å². The Morgan fingerprint density at radius 2 is 2.17 bits per heavy atom. The molecule has 1 saturated heterocycles. The number of halogens is 1. The molecule has 0 aliphatic carbocycles. The minimum Gasteiger partial charge on any atom is -0.496 e. The number of sulfone groups is 1. The average Bonchev–Trinajstić information content (AvgIpc) is 2.24. The molecule has 0 radical (unpaired) electrons. The van der Waals surface area contributed by atoms with Crippen molar-refractivity contribution in [3.05, 3.63) is 28.2 Å². The van der Waals surface area contributed by atoms with Crippen molar-refractivity contribution in [3.8, 4) is 5.75 Å². The van der Waals surface area contributed by atoms with Crippen LogP contribution in [0.25, 0.3) is 0 Å². The standard InChI is InChI=1S/C12H16BrNO3S/c1-17-12-3-2-9(4-11(12)13)7-18(15,16)8-10-5-14-6-10/h2-4,10,14H,5-8H2,1H3. The van der Waals surface area contributed by atoms with E-state index in [1.54, 1.807) is 25.3 Å². The van der Waals surface area contributed by atoms with Gasteiger partial charge in [0.1, 0.15) is 5.75 Å². The Morgan fingerprint density at radius 3 is 2.67 bits per heavy atom. The third-order valence-electron chi connectivity index (χ3n) is 2.96. The van der Waals surface area contributed by atoms with E-state index < -0.39 is 9.84 Å². The first kappa shape index (κ1) is 13.8. The first-order valence-electron chi connectivity index (χ1n) is 5.74. The van der Waals surface area contributed by atoms with Crippen LogP contribution in [0, 0.1) is 5.92 Å². The topological polar surface area (TPSA) is 55.4 Å². The van der Waals surface area contributed by atoms with Gasteiger partial charge < -0.3 is 10.1 Å². The van der Waals surface area contributed by atoms with Crippen molar-refractivity contribution in [2.24, 2.45) is 5.92 Å². The Bertz CT molecular complexity index is 526. The molecule has 0 unspecified atom stereocenters. The van der Waals surface area contributed by atoms with E-state index in [1.807, 2.05) is 0 Å². The predicted molar refractivity (Wildman–Crippen MR) is 74.5 cm³/mol. The van der Waals surface area contributed by atoms with Crippen LogP contribution in [0.5, 0.6) is 5.75 Å². The van der Waals surface area contributed by atoms with Crippen LogP contribution in [0.3, 0.4) is 0 Å². The lowest BCUT2D eigenvalue weighted by atomic mass is 10.1. The van der Waals surface area contributed by atoms with Crippen LogP contribution >= 0.6 is 15.9 Å². The third kappa shape index (κ3) is 3.46. The molecule has 0 bridgehead atoms. The van der Waals surface area contributed by atoms with E-state index in [0.717, 1.165) is 23.1 Å². The summed E-state index contributed by atoms with van der Waals surface area (Å²) in [6.07, 6.45) is 0. The number of hydrogen-bond acceptors (Lipinski definition) is 4. The molecule has 6 heteroatoms. The fourth-order valence-corrected chi connectivity index (χ4v) is 4.29. The lowest BCUT2D eigenvalue weighted by Crippen LogP contribution is -2.45. The summed E-state index contributed by atoms with van der Waals surface area (Å²) in [5.74, 6) is 1.34. The lowest BCUT2D eigenvalue weighted by Gasteiger charge is -2.26. The van der Waals surface area contributed by atoms with Gasteiger partial charge in [-0.15, -0.1) is 0 Å². The van der Waals surface area contributed by atoms with Gasteiger partial charge >= 0.3 is 0 Å². The molecule has 0 spiro atoms. The maximum Gasteiger partial charge on any atom is 0.154 e. The Labute approximate surface area is 116 Å². The zero-order valence-electron chi connectivity index (χ0n) is 10.1. The van der Waals surface area contributed by atoms with Crippen molar-refractivity contribution in [2.75, 3.05) is 26.0 Å². The second-order valence-corrected chi connectivity index (χ2v) is 7.51. The van der Waals surface area contributed by atoms with E-state index in [9.17, 15) is 8.42 Å². The first-order valence-corrected chi connectivity index (χ1v) is 8.35. The summed E-state index contributed by atoms with van der Waals surface area (Å²) in [6, 6.07) is 5.37. The molecule has 18 heavy (non-hydrogen) atoms. The number of ether oxygens (including phenoxy) is 1. The Morgan fingerprint density at radius 1 is 1.44 bits per heavy atom. The van der Waals surface area contributed by atoms with E-state index >= 15 is 0 Å². The van der Waals surface area contributed by atoms with Gasteiger partial charge in [0.2, 0.25) is 0 Å². The summed E-state index contributed by atoms with van der Waals surface area (Å²) in [5, 5.41) is 3.08. The van der Waals surface area contributed by atoms with E-state index in [-0.39, 0.29) is 17.4 Å². The molecule has 4 nitrogen and oxygen atoms in total. The fraction of sp³-hybridized carbons (Fsp3) is 0.500. The molecule has 0 aromatic heterocycles. The van der Waals surface area contributed by atoms with Crippen molar-refractivity contribution in [1.29, 1.82) is 0 Å². The SMILES string of the molecule is COc1ccc(CS(=O)(=O)CC2CNC2)cc1Br. The molecule has 1 aromatic rings. The summed E-state index contributed by atoms with van der Waals surface area (Å²) in [6.45, 7) is 1.62. The zero-order valence-corrected chi connectivity index (χ0v) is 12.6. The van der Waals surface area contributed by atoms with E-state index in [0.29, 0.717) is 5.75 Å². The highest BCUT2D eigenvalue weighted by molar-refractivity contribution is 9.10. The highest BCUT2D eigenvalue weighted by Gasteiger charge is 2.24. The molecule has 1 heterocycles. The molecule has 0 atom stereocenters. The average molecular weight is 334 g/mol. The molecule has 1 fully saturated rings. The number of benzene rings is 1. The van der Waals surface area contributed by atoms with Gasteiger partial charge in [-0.2, -0.15) is 0 Å². The predicted octanol–water partition coefficient (Wildman–Crippen LogP) is 1.59. The maximum absolute atomic E-state index is 12.0. The van der Waals surface area contributed by atoms with E-state index in [2.05, 4.69) is 21.2 Å². The minimum atomic E-state index is -3.03. The molecule has 100 valence electrons. The van der Waals surface area contributed by atoms with Crippen molar-refractivity contribution < 1.29 is 13.2 Å². The van der Waals surface area contributed by atoms with Gasteiger partial charge in [0, 0.05) is 13.1 Å². The monoisotopic (exact) mass is 333 g/mol. The lowest BCUT2D eigenvalue weighted by molar-refractivity contribution is 0.378. The van der Waals surface area contributed by atoms with E-state index in [1.165, 1.54) is 0 Å². The number of methoxy groups -OCH3 is 1. The largest absolute Gasteiger partial charge is 0.496 e. The molecule has 1 N–H and O–H groups in total. The summed E-state index contributed by atoms with van der Waals surface area (Å²) >= 11 is 3.36. The van der Waals surface area contributed by atoms with Crippen LogP contribution in [-0.4, -0.2) is 34.4 Å². The van der Waals surface area contributed by atoms with Crippen molar-refractivity contribution >= 4 is 25.8 Å². The zero-order chi connectivity index (χ0) is 13.2. The van der Waals surface area contributed by atoms with Crippen LogP contribution in [-0.2, 0) is 15.6 Å². The van der Waals surface area contributed by atoms with Crippen LogP contribution in [0.2, 0.25) is 0 Å². The van der Waals surface area contributed by atoms with Gasteiger partial charge in [0.15, 0.2) is 9.84 Å². The summed E-state index contributed by atoms with van der Waals surface area (Å²) in [7, 11) is -1.45. The Hall–Kier alpha value is -0.590. The van der Waals surface area contributed by atoms with Gasteiger partial charge in [-0.05, 0) is 39.5 Å². The fourth-order valence-electron chi connectivity index (χ4n) is 1.94.